The van der Waals surface area contributed by atoms with Crippen LogP contribution < -0.4 is 4.74 Å². The van der Waals surface area contributed by atoms with Gasteiger partial charge < -0.3 is 14.5 Å². The molecule has 0 saturated carbocycles. The van der Waals surface area contributed by atoms with Crippen LogP contribution in [0.15, 0.2) is 29.3 Å². The van der Waals surface area contributed by atoms with E-state index in [1.54, 1.807) is 6.07 Å². The predicted molar refractivity (Wildman–Crippen MR) is 83.1 cm³/mol. The highest BCUT2D eigenvalue weighted by atomic mass is 16.5. The molecule has 0 aliphatic heterocycles. The van der Waals surface area contributed by atoms with E-state index in [-0.39, 0.29) is 12.0 Å². The van der Waals surface area contributed by atoms with Crippen molar-refractivity contribution in [1.82, 2.24) is 4.98 Å². The van der Waals surface area contributed by atoms with Crippen LogP contribution in [0.3, 0.4) is 0 Å². The van der Waals surface area contributed by atoms with Crippen molar-refractivity contribution < 1.29 is 14.3 Å². The van der Waals surface area contributed by atoms with Crippen molar-refractivity contribution in [3.8, 4) is 5.75 Å². The number of aromatic nitrogens is 1. The first-order chi connectivity index (χ1) is 10.0. The molecular formula is C16H20N2O3. The Labute approximate surface area is 124 Å². The number of H-pyrrole nitrogens is 1. The minimum atomic E-state index is -0.386. The highest BCUT2D eigenvalue weighted by molar-refractivity contribution is 5.95. The van der Waals surface area contributed by atoms with Crippen molar-refractivity contribution in [1.29, 1.82) is 0 Å². The molecule has 0 bridgehead atoms. The Morgan fingerprint density at radius 1 is 1.38 bits per heavy atom. The molecule has 2 rings (SSSR count). The second-order valence-corrected chi connectivity index (χ2v) is 4.93. The summed E-state index contributed by atoms with van der Waals surface area (Å²) in [7, 11) is 1.36. The minimum absolute atomic E-state index is 0.241. The van der Waals surface area contributed by atoms with Crippen LogP contribution in [0, 0.1) is 0 Å². The number of nitrogens with one attached hydrogen (secondary N) is 1. The summed E-state index contributed by atoms with van der Waals surface area (Å²) in [6.45, 7) is 5.97. The monoisotopic (exact) mass is 288 g/mol. The molecule has 1 N–H and O–H groups in total. The molecule has 1 atom stereocenters. The van der Waals surface area contributed by atoms with Gasteiger partial charge in [0.2, 0.25) is 0 Å². The summed E-state index contributed by atoms with van der Waals surface area (Å²) in [4.78, 5) is 18.9. The summed E-state index contributed by atoms with van der Waals surface area (Å²) < 4.78 is 10.4. The van der Waals surface area contributed by atoms with Gasteiger partial charge in [0.1, 0.15) is 11.4 Å². The van der Waals surface area contributed by atoms with Crippen molar-refractivity contribution >= 4 is 22.8 Å². The van der Waals surface area contributed by atoms with Crippen LogP contribution in [0.5, 0.6) is 5.75 Å². The van der Waals surface area contributed by atoms with Crippen molar-refractivity contribution in [2.75, 3.05) is 7.11 Å². The lowest BCUT2D eigenvalue weighted by atomic mass is 10.2. The number of ether oxygens (including phenoxy) is 2. The molecule has 0 fully saturated rings. The van der Waals surface area contributed by atoms with Gasteiger partial charge in [-0.1, -0.05) is 6.92 Å². The number of esters is 1. The third kappa shape index (κ3) is 3.62. The van der Waals surface area contributed by atoms with Crippen LogP contribution >= 0.6 is 0 Å². The molecule has 0 aliphatic carbocycles. The maximum Gasteiger partial charge on any atom is 0.354 e. The normalized spacial score (nSPS) is 13.2. The molecule has 5 heteroatoms. The number of fused-ring (bicyclic) bond motifs is 1. The van der Waals surface area contributed by atoms with Crippen LogP contribution in [-0.4, -0.2) is 30.0 Å². The van der Waals surface area contributed by atoms with Gasteiger partial charge in [-0.2, -0.15) is 0 Å². The summed E-state index contributed by atoms with van der Waals surface area (Å²) in [6.07, 6.45) is 0.971. The molecule has 1 heterocycles. The SMILES string of the molecule is CCC(C)N=C(C)Oc1ccc2cc(C(=O)OC)[nH]c2c1. The van der Waals surface area contributed by atoms with Gasteiger partial charge in [-0.25, -0.2) is 4.79 Å². The molecule has 0 aliphatic rings. The van der Waals surface area contributed by atoms with Gasteiger partial charge in [0.25, 0.3) is 0 Å². The first kappa shape index (κ1) is 15.1. The Hall–Kier alpha value is -2.30. The van der Waals surface area contributed by atoms with E-state index < -0.39 is 0 Å². The van der Waals surface area contributed by atoms with E-state index in [0.29, 0.717) is 17.3 Å². The lowest BCUT2D eigenvalue weighted by molar-refractivity contribution is 0.0595. The lowest BCUT2D eigenvalue weighted by Crippen LogP contribution is -2.08. The number of rotatable bonds is 4. The fourth-order valence-corrected chi connectivity index (χ4v) is 1.99. The number of benzene rings is 1. The van der Waals surface area contributed by atoms with Crippen LogP contribution in [-0.2, 0) is 4.74 Å². The average molecular weight is 288 g/mol. The Kier molecular flexibility index (Phi) is 4.62. The lowest BCUT2D eigenvalue weighted by Gasteiger charge is -2.07. The van der Waals surface area contributed by atoms with Crippen molar-refractivity contribution in [3.05, 3.63) is 30.0 Å². The molecule has 21 heavy (non-hydrogen) atoms. The number of aromatic amines is 1. The zero-order valence-electron chi connectivity index (χ0n) is 12.8. The number of methoxy groups -OCH3 is 1. The molecule has 0 radical (unpaired) electrons. The molecular weight excluding hydrogens is 268 g/mol. The number of aliphatic imine (C=N–C) groups is 1. The van der Waals surface area contributed by atoms with Crippen LogP contribution in [0.25, 0.3) is 10.9 Å². The molecule has 0 saturated heterocycles. The van der Waals surface area contributed by atoms with E-state index in [2.05, 4.69) is 16.9 Å². The number of carbonyl (C=O) groups excluding carboxylic acids is 1. The van der Waals surface area contributed by atoms with E-state index in [1.807, 2.05) is 32.0 Å². The largest absolute Gasteiger partial charge is 0.464 e. The molecule has 1 aromatic heterocycles. The second kappa shape index (κ2) is 6.43. The van der Waals surface area contributed by atoms with E-state index in [1.165, 1.54) is 7.11 Å². The molecule has 2 aromatic rings. The fraction of sp³-hybridized carbons (Fsp3) is 0.375. The van der Waals surface area contributed by atoms with Crippen LogP contribution in [0.1, 0.15) is 37.7 Å². The van der Waals surface area contributed by atoms with Gasteiger partial charge in [0, 0.05) is 23.9 Å². The summed E-state index contributed by atoms with van der Waals surface area (Å²) >= 11 is 0. The van der Waals surface area contributed by atoms with Gasteiger partial charge in [-0.05, 0) is 31.5 Å². The van der Waals surface area contributed by atoms with E-state index in [9.17, 15) is 4.79 Å². The quantitative estimate of drug-likeness (QED) is 0.531. The predicted octanol–water partition coefficient (Wildman–Crippen LogP) is 3.55. The van der Waals surface area contributed by atoms with Crippen molar-refractivity contribution in [3.63, 3.8) is 0 Å². The molecule has 1 unspecified atom stereocenters. The van der Waals surface area contributed by atoms with E-state index in [4.69, 9.17) is 9.47 Å². The first-order valence-corrected chi connectivity index (χ1v) is 6.96. The Morgan fingerprint density at radius 2 is 2.14 bits per heavy atom. The topological polar surface area (TPSA) is 63.7 Å². The number of nitrogens with zero attached hydrogens (tertiary/aromatic N) is 1. The standard InChI is InChI=1S/C16H20N2O3/c1-5-10(2)17-11(3)21-13-7-6-12-8-15(16(19)20-4)18-14(12)9-13/h6-10,18H,5H2,1-4H3. The molecule has 5 nitrogen and oxygen atoms in total. The van der Waals surface area contributed by atoms with Crippen LogP contribution in [0.4, 0.5) is 0 Å². The Bertz CT molecular complexity index is 673. The molecule has 1 aromatic carbocycles. The Morgan fingerprint density at radius 3 is 2.81 bits per heavy atom. The number of hydrogen-bond acceptors (Lipinski definition) is 4. The highest BCUT2D eigenvalue weighted by Crippen LogP contribution is 2.22. The molecule has 112 valence electrons. The van der Waals surface area contributed by atoms with Crippen LogP contribution in [0.2, 0.25) is 0 Å². The fourth-order valence-electron chi connectivity index (χ4n) is 1.99. The van der Waals surface area contributed by atoms with E-state index >= 15 is 0 Å². The molecule has 0 amide bonds. The van der Waals surface area contributed by atoms with Gasteiger partial charge >= 0.3 is 5.97 Å². The third-order valence-electron chi connectivity index (χ3n) is 3.26. The van der Waals surface area contributed by atoms with Crippen molar-refractivity contribution in [2.45, 2.75) is 33.2 Å². The average Bonchev–Trinajstić information content (AvgIpc) is 2.89. The minimum Gasteiger partial charge on any atom is -0.464 e. The maximum atomic E-state index is 11.5. The van der Waals surface area contributed by atoms with Gasteiger partial charge in [-0.3, -0.25) is 4.99 Å². The summed E-state index contributed by atoms with van der Waals surface area (Å²) in [5.41, 5.74) is 1.25. The summed E-state index contributed by atoms with van der Waals surface area (Å²) in [5, 5.41) is 0.930. The number of hydrogen-bond donors (Lipinski definition) is 1. The summed E-state index contributed by atoms with van der Waals surface area (Å²) in [5.74, 6) is 0.928. The third-order valence-corrected chi connectivity index (χ3v) is 3.26. The maximum absolute atomic E-state index is 11.5. The van der Waals surface area contributed by atoms with E-state index in [0.717, 1.165) is 17.3 Å². The Balaban J connectivity index is 2.22. The second-order valence-electron chi connectivity index (χ2n) is 4.93. The number of carbonyl (C=O) groups is 1. The van der Waals surface area contributed by atoms with Gasteiger partial charge in [0.05, 0.1) is 13.2 Å². The summed E-state index contributed by atoms with van der Waals surface area (Å²) in [6, 6.07) is 7.59. The smallest absolute Gasteiger partial charge is 0.354 e. The van der Waals surface area contributed by atoms with Gasteiger partial charge in [-0.15, -0.1) is 0 Å². The van der Waals surface area contributed by atoms with Gasteiger partial charge in [0.15, 0.2) is 5.90 Å². The first-order valence-electron chi connectivity index (χ1n) is 6.96. The zero-order chi connectivity index (χ0) is 15.4. The highest BCUT2D eigenvalue weighted by Gasteiger charge is 2.10. The van der Waals surface area contributed by atoms with Crippen molar-refractivity contribution in [2.24, 2.45) is 4.99 Å². The zero-order valence-corrected chi connectivity index (χ0v) is 12.8. The molecule has 0 spiro atoms.